The van der Waals surface area contributed by atoms with E-state index in [9.17, 15) is 9.59 Å². The third-order valence-electron chi connectivity index (χ3n) is 4.50. The molecule has 2 saturated heterocycles. The highest BCUT2D eigenvalue weighted by Crippen LogP contribution is 2.24. The highest BCUT2D eigenvalue weighted by molar-refractivity contribution is 5.92. The van der Waals surface area contributed by atoms with Crippen molar-refractivity contribution in [2.45, 2.75) is 38.6 Å². The molecule has 0 spiro atoms. The van der Waals surface area contributed by atoms with Gasteiger partial charge in [-0.3, -0.25) is 9.59 Å². The van der Waals surface area contributed by atoms with Gasteiger partial charge in [-0.2, -0.15) is 0 Å². The highest BCUT2D eigenvalue weighted by Gasteiger charge is 2.30. The fourth-order valence-electron chi connectivity index (χ4n) is 3.18. The number of carbonyl (C=O) groups excluding carboxylic acids is 2. The second-order valence-electron chi connectivity index (χ2n) is 6.04. The monoisotopic (exact) mass is 321 g/mol. The van der Waals surface area contributed by atoms with Crippen LogP contribution in [0.3, 0.4) is 0 Å². The predicted molar refractivity (Wildman–Crippen MR) is 81.7 cm³/mol. The summed E-state index contributed by atoms with van der Waals surface area (Å²) < 4.78 is 10.5. The van der Waals surface area contributed by atoms with Gasteiger partial charge >= 0.3 is 5.97 Å². The molecule has 2 aliphatic heterocycles. The van der Waals surface area contributed by atoms with Gasteiger partial charge in [0.25, 0.3) is 5.91 Å². The SMILES string of the molecule is CCOC(=O)C1CCN(C(=O)c2coc(C3CCCN3)n2)CC1. The summed E-state index contributed by atoms with van der Waals surface area (Å²) in [5.41, 5.74) is 0.350. The minimum atomic E-state index is -0.157. The number of carbonyl (C=O) groups is 2. The van der Waals surface area contributed by atoms with Gasteiger partial charge in [0.05, 0.1) is 18.6 Å². The lowest BCUT2D eigenvalue weighted by Crippen LogP contribution is -2.40. The van der Waals surface area contributed by atoms with Crippen LogP contribution in [0.15, 0.2) is 10.7 Å². The molecular weight excluding hydrogens is 298 g/mol. The van der Waals surface area contributed by atoms with Crippen LogP contribution in [0.5, 0.6) is 0 Å². The van der Waals surface area contributed by atoms with E-state index in [0.29, 0.717) is 44.1 Å². The minimum Gasteiger partial charge on any atom is -0.466 e. The van der Waals surface area contributed by atoms with Crippen molar-refractivity contribution in [2.75, 3.05) is 26.2 Å². The lowest BCUT2D eigenvalue weighted by molar-refractivity contribution is -0.149. The van der Waals surface area contributed by atoms with E-state index < -0.39 is 0 Å². The van der Waals surface area contributed by atoms with Crippen LogP contribution in [0.2, 0.25) is 0 Å². The molecule has 0 radical (unpaired) electrons. The Hall–Kier alpha value is -1.89. The molecule has 126 valence electrons. The maximum Gasteiger partial charge on any atom is 0.309 e. The van der Waals surface area contributed by atoms with E-state index in [2.05, 4.69) is 10.3 Å². The summed E-state index contributed by atoms with van der Waals surface area (Å²) in [4.78, 5) is 30.3. The van der Waals surface area contributed by atoms with E-state index in [1.54, 1.807) is 11.8 Å². The Balaban J connectivity index is 1.56. The molecule has 1 N–H and O–H groups in total. The first-order chi connectivity index (χ1) is 11.2. The molecule has 0 bridgehead atoms. The number of ether oxygens (including phenoxy) is 1. The molecule has 3 rings (SSSR count). The van der Waals surface area contributed by atoms with E-state index in [4.69, 9.17) is 9.15 Å². The Kier molecular flexibility index (Phi) is 4.95. The van der Waals surface area contributed by atoms with Crippen LogP contribution >= 0.6 is 0 Å². The number of hydrogen-bond donors (Lipinski definition) is 1. The van der Waals surface area contributed by atoms with Crippen molar-refractivity contribution in [1.29, 1.82) is 0 Å². The average molecular weight is 321 g/mol. The number of oxazole rings is 1. The largest absolute Gasteiger partial charge is 0.466 e. The maximum atomic E-state index is 12.5. The lowest BCUT2D eigenvalue weighted by Gasteiger charge is -2.30. The van der Waals surface area contributed by atoms with Gasteiger partial charge in [-0.25, -0.2) is 4.98 Å². The zero-order valence-corrected chi connectivity index (χ0v) is 13.4. The summed E-state index contributed by atoms with van der Waals surface area (Å²) in [5, 5.41) is 3.30. The summed E-state index contributed by atoms with van der Waals surface area (Å²) in [6.45, 7) is 4.25. The van der Waals surface area contributed by atoms with Crippen LogP contribution in [0.1, 0.15) is 55.0 Å². The summed E-state index contributed by atoms with van der Waals surface area (Å²) in [6, 6.07) is 0.117. The number of esters is 1. The Morgan fingerprint density at radius 3 is 2.83 bits per heavy atom. The molecule has 7 heteroatoms. The molecule has 0 saturated carbocycles. The number of amides is 1. The topological polar surface area (TPSA) is 84.7 Å². The number of aromatic nitrogens is 1. The molecular formula is C16H23N3O4. The van der Waals surface area contributed by atoms with Gasteiger partial charge in [0.1, 0.15) is 6.26 Å². The fourth-order valence-corrected chi connectivity index (χ4v) is 3.18. The first kappa shape index (κ1) is 16.0. The standard InChI is InChI=1S/C16H23N3O4/c1-2-22-16(21)11-5-8-19(9-6-11)15(20)13-10-23-14(18-13)12-4-3-7-17-12/h10-12,17H,2-9H2,1H3. The van der Waals surface area contributed by atoms with Gasteiger partial charge in [-0.05, 0) is 39.2 Å². The Labute approximate surface area is 135 Å². The first-order valence-corrected chi connectivity index (χ1v) is 8.33. The quantitative estimate of drug-likeness (QED) is 0.846. The highest BCUT2D eigenvalue weighted by atomic mass is 16.5. The lowest BCUT2D eigenvalue weighted by atomic mass is 9.97. The third-order valence-corrected chi connectivity index (χ3v) is 4.50. The third kappa shape index (κ3) is 3.55. The van der Waals surface area contributed by atoms with Crippen molar-refractivity contribution in [3.63, 3.8) is 0 Å². The van der Waals surface area contributed by atoms with E-state index in [-0.39, 0.29) is 23.8 Å². The Morgan fingerprint density at radius 2 is 2.17 bits per heavy atom. The molecule has 0 aliphatic carbocycles. The van der Waals surface area contributed by atoms with Crippen molar-refractivity contribution in [2.24, 2.45) is 5.92 Å². The molecule has 1 aromatic heterocycles. The molecule has 3 heterocycles. The summed E-state index contributed by atoms with van der Waals surface area (Å²) in [7, 11) is 0. The van der Waals surface area contributed by atoms with Crippen LogP contribution in [0.4, 0.5) is 0 Å². The van der Waals surface area contributed by atoms with Crippen LogP contribution in [0.25, 0.3) is 0 Å². The van der Waals surface area contributed by atoms with Crippen LogP contribution < -0.4 is 5.32 Å². The number of piperidine rings is 1. The first-order valence-electron chi connectivity index (χ1n) is 8.33. The van der Waals surface area contributed by atoms with E-state index in [0.717, 1.165) is 19.4 Å². The zero-order valence-electron chi connectivity index (χ0n) is 13.4. The summed E-state index contributed by atoms with van der Waals surface area (Å²) >= 11 is 0. The number of likely N-dealkylation sites (tertiary alicyclic amines) is 1. The van der Waals surface area contributed by atoms with E-state index in [1.807, 2.05) is 0 Å². The molecule has 1 atom stereocenters. The van der Waals surface area contributed by atoms with Crippen molar-refractivity contribution in [3.8, 4) is 0 Å². The van der Waals surface area contributed by atoms with Gasteiger partial charge < -0.3 is 19.4 Å². The van der Waals surface area contributed by atoms with Crippen molar-refractivity contribution in [3.05, 3.63) is 17.8 Å². The van der Waals surface area contributed by atoms with Crippen molar-refractivity contribution >= 4 is 11.9 Å². The van der Waals surface area contributed by atoms with Gasteiger partial charge in [-0.15, -0.1) is 0 Å². The maximum absolute atomic E-state index is 12.5. The predicted octanol–water partition coefficient (Wildman–Crippen LogP) is 1.51. The molecule has 0 aromatic carbocycles. The zero-order chi connectivity index (χ0) is 16.2. The van der Waals surface area contributed by atoms with Gasteiger partial charge in [0.15, 0.2) is 5.69 Å². The Bertz CT molecular complexity index is 557. The Morgan fingerprint density at radius 1 is 1.39 bits per heavy atom. The van der Waals surface area contributed by atoms with E-state index >= 15 is 0 Å². The number of nitrogens with zero attached hydrogens (tertiary/aromatic N) is 2. The number of nitrogens with one attached hydrogen (secondary N) is 1. The normalized spacial score (nSPS) is 22.3. The second-order valence-corrected chi connectivity index (χ2v) is 6.04. The van der Waals surface area contributed by atoms with Crippen molar-refractivity contribution < 1.29 is 18.7 Å². The second kappa shape index (κ2) is 7.12. The molecule has 2 fully saturated rings. The van der Waals surface area contributed by atoms with Crippen molar-refractivity contribution in [1.82, 2.24) is 15.2 Å². The van der Waals surface area contributed by atoms with Gasteiger partial charge in [0.2, 0.25) is 5.89 Å². The molecule has 1 aromatic rings. The molecule has 2 aliphatic rings. The molecule has 7 nitrogen and oxygen atoms in total. The van der Waals surface area contributed by atoms with Crippen LogP contribution in [-0.2, 0) is 9.53 Å². The average Bonchev–Trinajstić information content (AvgIpc) is 3.25. The van der Waals surface area contributed by atoms with Crippen LogP contribution in [-0.4, -0.2) is 48.0 Å². The van der Waals surface area contributed by atoms with E-state index in [1.165, 1.54) is 6.26 Å². The number of rotatable bonds is 4. The fraction of sp³-hybridized carbons (Fsp3) is 0.688. The molecule has 23 heavy (non-hydrogen) atoms. The number of hydrogen-bond acceptors (Lipinski definition) is 6. The smallest absolute Gasteiger partial charge is 0.309 e. The summed E-state index contributed by atoms with van der Waals surface area (Å²) in [6.07, 6.45) is 4.80. The summed E-state index contributed by atoms with van der Waals surface area (Å²) in [5.74, 6) is 0.206. The minimum absolute atomic E-state index is 0.102. The molecule has 1 unspecified atom stereocenters. The molecule has 1 amide bonds. The van der Waals surface area contributed by atoms with Gasteiger partial charge in [-0.1, -0.05) is 0 Å². The van der Waals surface area contributed by atoms with Gasteiger partial charge in [0, 0.05) is 13.1 Å². The van der Waals surface area contributed by atoms with Crippen LogP contribution in [0, 0.1) is 5.92 Å².